The van der Waals surface area contributed by atoms with Crippen LogP contribution in [0.1, 0.15) is 33.6 Å². The highest BCUT2D eigenvalue weighted by Crippen LogP contribution is 2.30. The highest BCUT2D eigenvalue weighted by atomic mass is 16.2. The van der Waals surface area contributed by atoms with Gasteiger partial charge in [-0.15, -0.1) is 6.42 Å². The van der Waals surface area contributed by atoms with Crippen molar-refractivity contribution in [3.8, 4) is 12.3 Å². The average Bonchev–Trinajstić information content (AvgIpc) is 2.97. The van der Waals surface area contributed by atoms with Gasteiger partial charge in [-0.3, -0.25) is 4.79 Å². The number of hydrogen-bond acceptors (Lipinski definition) is 2. The fourth-order valence-electron chi connectivity index (χ4n) is 1.52. The average molecular weight is 222 g/mol. The smallest absolute Gasteiger partial charge is 0.240 e. The normalized spacial score (nSPS) is 17.7. The van der Waals surface area contributed by atoms with Crippen molar-refractivity contribution in [2.24, 2.45) is 17.1 Å². The van der Waals surface area contributed by atoms with Gasteiger partial charge in [0.05, 0.1) is 12.6 Å². The molecule has 1 aliphatic rings. The van der Waals surface area contributed by atoms with Crippen LogP contribution >= 0.6 is 0 Å². The largest absolute Gasteiger partial charge is 0.330 e. The SMILES string of the molecule is C#CCN(CC1CC1)C(=O)[C@H](N)C(C)(C)C. The molecule has 1 amide bonds. The van der Waals surface area contributed by atoms with Gasteiger partial charge in [-0.2, -0.15) is 0 Å². The molecule has 0 bridgehead atoms. The summed E-state index contributed by atoms with van der Waals surface area (Å²) < 4.78 is 0. The monoisotopic (exact) mass is 222 g/mol. The van der Waals surface area contributed by atoms with Gasteiger partial charge in [-0.25, -0.2) is 0 Å². The van der Waals surface area contributed by atoms with Crippen LogP contribution in [0.5, 0.6) is 0 Å². The summed E-state index contributed by atoms with van der Waals surface area (Å²) in [4.78, 5) is 13.9. The molecule has 0 radical (unpaired) electrons. The van der Waals surface area contributed by atoms with E-state index in [2.05, 4.69) is 5.92 Å². The van der Waals surface area contributed by atoms with Crippen LogP contribution in [0.2, 0.25) is 0 Å². The highest BCUT2D eigenvalue weighted by molar-refractivity contribution is 5.82. The first-order valence-corrected chi connectivity index (χ1v) is 5.84. The first-order chi connectivity index (χ1) is 7.36. The van der Waals surface area contributed by atoms with Crippen LogP contribution in [0, 0.1) is 23.7 Å². The molecule has 16 heavy (non-hydrogen) atoms. The summed E-state index contributed by atoms with van der Waals surface area (Å²) in [6.45, 7) is 7.06. The number of hydrogen-bond donors (Lipinski definition) is 1. The Balaban J connectivity index is 2.62. The quantitative estimate of drug-likeness (QED) is 0.727. The minimum Gasteiger partial charge on any atom is -0.330 e. The van der Waals surface area contributed by atoms with Crippen molar-refractivity contribution in [1.82, 2.24) is 4.90 Å². The van der Waals surface area contributed by atoms with Crippen LogP contribution in [0.25, 0.3) is 0 Å². The van der Waals surface area contributed by atoms with Gasteiger partial charge in [0, 0.05) is 6.54 Å². The second-order valence-corrected chi connectivity index (χ2v) is 5.71. The van der Waals surface area contributed by atoms with Crippen molar-refractivity contribution in [2.45, 2.75) is 39.7 Å². The summed E-state index contributed by atoms with van der Waals surface area (Å²) in [5, 5.41) is 0. The number of rotatable bonds is 4. The molecule has 0 unspecified atom stereocenters. The van der Waals surface area contributed by atoms with Crippen LogP contribution in [0.4, 0.5) is 0 Å². The molecule has 1 fully saturated rings. The van der Waals surface area contributed by atoms with Crippen molar-refractivity contribution >= 4 is 5.91 Å². The van der Waals surface area contributed by atoms with Gasteiger partial charge < -0.3 is 10.6 Å². The van der Waals surface area contributed by atoms with E-state index in [1.807, 2.05) is 20.8 Å². The number of carbonyl (C=O) groups excluding carboxylic acids is 1. The van der Waals surface area contributed by atoms with Gasteiger partial charge in [0.2, 0.25) is 5.91 Å². The molecule has 1 saturated carbocycles. The summed E-state index contributed by atoms with van der Waals surface area (Å²) in [5.41, 5.74) is 5.75. The molecule has 0 aliphatic heterocycles. The van der Waals surface area contributed by atoms with E-state index < -0.39 is 6.04 Å². The summed E-state index contributed by atoms with van der Waals surface area (Å²) in [6.07, 6.45) is 7.70. The van der Waals surface area contributed by atoms with E-state index >= 15 is 0 Å². The molecule has 3 heteroatoms. The van der Waals surface area contributed by atoms with E-state index in [1.54, 1.807) is 4.90 Å². The topological polar surface area (TPSA) is 46.3 Å². The Morgan fingerprint density at radius 1 is 1.56 bits per heavy atom. The van der Waals surface area contributed by atoms with Crippen molar-refractivity contribution in [3.05, 3.63) is 0 Å². The Morgan fingerprint density at radius 2 is 2.12 bits per heavy atom. The summed E-state index contributed by atoms with van der Waals surface area (Å²) in [7, 11) is 0. The molecule has 3 nitrogen and oxygen atoms in total. The molecule has 0 aromatic rings. The van der Waals surface area contributed by atoms with Gasteiger partial charge in [-0.05, 0) is 24.2 Å². The zero-order valence-electron chi connectivity index (χ0n) is 10.5. The van der Waals surface area contributed by atoms with Gasteiger partial charge in [0.1, 0.15) is 0 Å². The number of carbonyl (C=O) groups is 1. The van der Waals surface area contributed by atoms with Gasteiger partial charge in [-0.1, -0.05) is 26.7 Å². The van der Waals surface area contributed by atoms with Crippen LogP contribution in [-0.4, -0.2) is 29.9 Å². The van der Waals surface area contributed by atoms with Gasteiger partial charge >= 0.3 is 0 Å². The van der Waals surface area contributed by atoms with E-state index in [-0.39, 0.29) is 11.3 Å². The summed E-state index contributed by atoms with van der Waals surface area (Å²) >= 11 is 0. The van der Waals surface area contributed by atoms with Crippen molar-refractivity contribution in [3.63, 3.8) is 0 Å². The Bertz CT molecular complexity index is 294. The summed E-state index contributed by atoms with van der Waals surface area (Å²) in [5.74, 6) is 3.16. The predicted octanol–water partition coefficient (Wildman–Crippen LogP) is 1.23. The molecule has 0 aromatic heterocycles. The first-order valence-electron chi connectivity index (χ1n) is 5.84. The fraction of sp³-hybridized carbons (Fsp3) is 0.769. The van der Waals surface area contributed by atoms with E-state index in [9.17, 15) is 4.79 Å². The van der Waals surface area contributed by atoms with Gasteiger partial charge in [0.25, 0.3) is 0 Å². The molecule has 0 aromatic carbocycles. The molecule has 90 valence electrons. The van der Waals surface area contributed by atoms with Crippen molar-refractivity contribution in [2.75, 3.05) is 13.1 Å². The van der Waals surface area contributed by atoms with Crippen LogP contribution in [-0.2, 0) is 4.79 Å². The molecule has 2 N–H and O–H groups in total. The van der Waals surface area contributed by atoms with E-state index in [4.69, 9.17) is 12.2 Å². The van der Waals surface area contributed by atoms with Crippen molar-refractivity contribution < 1.29 is 4.79 Å². The second-order valence-electron chi connectivity index (χ2n) is 5.71. The Labute approximate surface area is 98.4 Å². The maximum Gasteiger partial charge on any atom is 0.240 e. The van der Waals surface area contributed by atoms with Crippen LogP contribution in [0.15, 0.2) is 0 Å². The van der Waals surface area contributed by atoms with E-state index in [0.717, 1.165) is 6.54 Å². The predicted molar refractivity (Wildman–Crippen MR) is 65.6 cm³/mol. The standard InChI is InChI=1S/C13H22N2O/c1-5-8-15(9-10-6-7-10)12(16)11(14)13(2,3)4/h1,10-11H,6-9,14H2,2-4H3/t11-/m0/s1. The highest BCUT2D eigenvalue weighted by Gasteiger charge is 2.33. The van der Waals surface area contributed by atoms with Crippen LogP contribution < -0.4 is 5.73 Å². The number of nitrogens with two attached hydrogens (primary N) is 1. The molecule has 0 saturated heterocycles. The zero-order valence-corrected chi connectivity index (χ0v) is 10.5. The number of terminal acetylenes is 1. The van der Waals surface area contributed by atoms with Crippen molar-refractivity contribution in [1.29, 1.82) is 0 Å². The van der Waals surface area contributed by atoms with E-state index in [1.165, 1.54) is 12.8 Å². The lowest BCUT2D eigenvalue weighted by atomic mass is 9.86. The lowest BCUT2D eigenvalue weighted by Gasteiger charge is -2.31. The second kappa shape index (κ2) is 4.88. The lowest BCUT2D eigenvalue weighted by molar-refractivity contribution is -0.134. The molecular formula is C13H22N2O. The Morgan fingerprint density at radius 3 is 2.50 bits per heavy atom. The van der Waals surface area contributed by atoms with E-state index in [0.29, 0.717) is 12.5 Å². The molecule has 1 atom stereocenters. The third kappa shape index (κ3) is 3.53. The Hall–Kier alpha value is -1.01. The Kier molecular flexibility index (Phi) is 3.98. The molecule has 0 heterocycles. The third-order valence-electron chi connectivity index (χ3n) is 2.97. The molecular weight excluding hydrogens is 200 g/mol. The van der Waals surface area contributed by atoms with Crippen LogP contribution in [0.3, 0.4) is 0 Å². The minimum atomic E-state index is -0.473. The lowest BCUT2D eigenvalue weighted by Crippen LogP contribution is -2.51. The number of amides is 1. The number of nitrogens with zero attached hydrogens (tertiary/aromatic N) is 1. The van der Waals surface area contributed by atoms with Gasteiger partial charge in [0.15, 0.2) is 0 Å². The molecule has 1 aliphatic carbocycles. The minimum absolute atomic E-state index is 0.0163. The zero-order chi connectivity index (χ0) is 12.3. The maximum absolute atomic E-state index is 12.1. The maximum atomic E-state index is 12.1. The molecule has 0 spiro atoms. The first kappa shape index (κ1) is 13.1. The fourth-order valence-corrected chi connectivity index (χ4v) is 1.52. The summed E-state index contributed by atoms with van der Waals surface area (Å²) in [6, 6.07) is -0.473. The third-order valence-corrected chi connectivity index (χ3v) is 2.97. The molecule has 1 rings (SSSR count).